The standard InChI is InChI=1S/C13H18ClF2N/c1-13(2,5-6-14)9-17-8-10-7-11(15)3-4-12(10)16/h3-4,7,17H,5-6,8-9H2,1-2H3. The summed E-state index contributed by atoms with van der Waals surface area (Å²) >= 11 is 5.69. The van der Waals surface area contributed by atoms with Crippen molar-refractivity contribution in [2.24, 2.45) is 5.41 Å². The summed E-state index contributed by atoms with van der Waals surface area (Å²) < 4.78 is 26.2. The van der Waals surface area contributed by atoms with E-state index in [9.17, 15) is 8.78 Å². The molecule has 1 aromatic rings. The van der Waals surface area contributed by atoms with E-state index >= 15 is 0 Å². The molecule has 0 aromatic heterocycles. The number of rotatable bonds is 6. The second kappa shape index (κ2) is 6.31. The van der Waals surface area contributed by atoms with E-state index in [1.165, 1.54) is 6.07 Å². The minimum absolute atomic E-state index is 0.0611. The number of alkyl halides is 1. The summed E-state index contributed by atoms with van der Waals surface area (Å²) in [5.41, 5.74) is 0.414. The zero-order chi connectivity index (χ0) is 12.9. The van der Waals surface area contributed by atoms with Crippen molar-refractivity contribution in [1.82, 2.24) is 5.32 Å². The molecule has 0 radical (unpaired) electrons. The maximum absolute atomic E-state index is 13.3. The predicted octanol–water partition coefficient (Wildman–Crippen LogP) is 3.71. The molecular weight excluding hydrogens is 244 g/mol. The van der Waals surface area contributed by atoms with Gasteiger partial charge in [-0.25, -0.2) is 8.78 Å². The summed E-state index contributed by atoms with van der Waals surface area (Å²) in [6.45, 7) is 5.22. The summed E-state index contributed by atoms with van der Waals surface area (Å²) in [5, 5.41) is 3.13. The SMILES string of the molecule is CC(C)(CCCl)CNCc1cc(F)ccc1F. The van der Waals surface area contributed by atoms with E-state index in [1.807, 2.05) is 0 Å². The van der Waals surface area contributed by atoms with E-state index in [-0.39, 0.29) is 11.2 Å². The quantitative estimate of drug-likeness (QED) is 0.770. The number of hydrogen-bond acceptors (Lipinski definition) is 1. The van der Waals surface area contributed by atoms with Gasteiger partial charge in [-0.05, 0) is 30.0 Å². The molecule has 0 saturated heterocycles. The molecule has 0 spiro atoms. The second-order valence-corrected chi connectivity index (χ2v) is 5.32. The zero-order valence-corrected chi connectivity index (χ0v) is 11.0. The Morgan fingerprint density at radius 1 is 1.29 bits per heavy atom. The third-order valence-corrected chi connectivity index (χ3v) is 2.89. The first-order valence-corrected chi connectivity index (χ1v) is 6.19. The van der Waals surface area contributed by atoms with Gasteiger partial charge in [-0.3, -0.25) is 0 Å². The largest absolute Gasteiger partial charge is 0.312 e. The Morgan fingerprint density at radius 2 is 2.00 bits per heavy atom. The minimum atomic E-state index is -0.414. The van der Waals surface area contributed by atoms with Gasteiger partial charge in [0.2, 0.25) is 0 Å². The molecule has 4 heteroatoms. The van der Waals surface area contributed by atoms with Gasteiger partial charge in [-0.15, -0.1) is 11.6 Å². The third-order valence-electron chi connectivity index (χ3n) is 2.70. The van der Waals surface area contributed by atoms with Crippen LogP contribution in [0, 0.1) is 17.0 Å². The summed E-state index contributed by atoms with van der Waals surface area (Å²) in [5.74, 6) is -0.194. The second-order valence-electron chi connectivity index (χ2n) is 4.94. The van der Waals surface area contributed by atoms with Crippen molar-refractivity contribution in [3.05, 3.63) is 35.4 Å². The fourth-order valence-electron chi connectivity index (χ4n) is 1.56. The minimum Gasteiger partial charge on any atom is -0.312 e. The van der Waals surface area contributed by atoms with Crippen LogP contribution in [0.4, 0.5) is 8.78 Å². The highest BCUT2D eigenvalue weighted by Crippen LogP contribution is 2.19. The molecule has 0 saturated carbocycles. The average molecular weight is 262 g/mol. The summed E-state index contributed by atoms with van der Waals surface area (Å²) in [7, 11) is 0. The highest BCUT2D eigenvalue weighted by molar-refractivity contribution is 6.17. The van der Waals surface area contributed by atoms with Crippen LogP contribution in [0.3, 0.4) is 0 Å². The van der Waals surface area contributed by atoms with Crippen LogP contribution >= 0.6 is 11.6 Å². The van der Waals surface area contributed by atoms with Gasteiger partial charge in [-0.2, -0.15) is 0 Å². The van der Waals surface area contributed by atoms with E-state index in [0.717, 1.165) is 25.1 Å². The molecule has 17 heavy (non-hydrogen) atoms. The lowest BCUT2D eigenvalue weighted by Crippen LogP contribution is -2.29. The number of halogens is 3. The van der Waals surface area contributed by atoms with Gasteiger partial charge in [0, 0.05) is 24.5 Å². The highest BCUT2D eigenvalue weighted by atomic mass is 35.5. The molecular formula is C13H18ClF2N. The molecule has 1 aromatic carbocycles. The van der Waals surface area contributed by atoms with Crippen LogP contribution in [0.1, 0.15) is 25.8 Å². The van der Waals surface area contributed by atoms with Gasteiger partial charge in [0.25, 0.3) is 0 Å². The molecule has 1 nitrogen and oxygen atoms in total. The number of nitrogens with one attached hydrogen (secondary N) is 1. The van der Waals surface area contributed by atoms with Crippen molar-refractivity contribution in [2.45, 2.75) is 26.8 Å². The van der Waals surface area contributed by atoms with Gasteiger partial charge in [0.1, 0.15) is 11.6 Å². The molecule has 0 bridgehead atoms. The Balaban J connectivity index is 2.48. The van der Waals surface area contributed by atoms with Crippen LogP contribution in [0.2, 0.25) is 0 Å². The van der Waals surface area contributed by atoms with Crippen molar-refractivity contribution in [3.8, 4) is 0 Å². The highest BCUT2D eigenvalue weighted by Gasteiger charge is 2.16. The van der Waals surface area contributed by atoms with Gasteiger partial charge in [-0.1, -0.05) is 13.8 Å². The Labute approximate surface area is 106 Å². The van der Waals surface area contributed by atoms with Crippen molar-refractivity contribution in [2.75, 3.05) is 12.4 Å². The molecule has 96 valence electrons. The van der Waals surface area contributed by atoms with E-state index in [0.29, 0.717) is 18.0 Å². The lowest BCUT2D eigenvalue weighted by molar-refractivity contribution is 0.328. The molecule has 0 unspecified atom stereocenters. The smallest absolute Gasteiger partial charge is 0.127 e. The van der Waals surface area contributed by atoms with Crippen molar-refractivity contribution in [3.63, 3.8) is 0 Å². The van der Waals surface area contributed by atoms with Gasteiger partial charge in [0.15, 0.2) is 0 Å². The first kappa shape index (κ1) is 14.4. The first-order valence-electron chi connectivity index (χ1n) is 5.65. The molecule has 0 atom stereocenters. The van der Waals surface area contributed by atoms with Crippen LogP contribution < -0.4 is 5.32 Å². The molecule has 0 fully saturated rings. The molecule has 0 aliphatic carbocycles. The van der Waals surface area contributed by atoms with Gasteiger partial charge in [0.05, 0.1) is 0 Å². The molecule has 1 N–H and O–H groups in total. The first-order chi connectivity index (χ1) is 7.94. The van der Waals surface area contributed by atoms with Crippen LogP contribution in [-0.4, -0.2) is 12.4 Å². The van der Waals surface area contributed by atoms with Crippen LogP contribution in [0.25, 0.3) is 0 Å². The monoisotopic (exact) mass is 261 g/mol. The van der Waals surface area contributed by atoms with E-state index < -0.39 is 5.82 Å². The number of benzene rings is 1. The fraction of sp³-hybridized carbons (Fsp3) is 0.538. The Kier molecular flexibility index (Phi) is 5.34. The third kappa shape index (κ3) is 5.00. The van der Waals surface area contributed by atoms with Crippen LogP contribution in [0.15, 0.2) is 18.2 Å². The maximum Gasteiger partial charge on any atom is 0.127 e. The number of hydrogen-bond donors (Lipinski definition) is 1. The van der Waals surface area contributed by atoms with Gasteiger partial charge >= 0.3 is 0 Å². The Hall–Kier alpha value is -0.670. The van der Waals surface area contributed by atoms with E-state index in [1.54, 1.807) is 0 Å². The predicted molar refractivity (Wildman–Crippen MR) is 67.2 cm³/mol. The van der Waals surface area contributed by atoms with Crippen molar-refractivity contribution < 1.29 is 8.78 Å². The average Bonchev–Trinajstić information content (AvgIpc) is 2.23. The van der Waals surface area contributed by atoms with Crippen molar-refractivity contribution in [1.29, 1.82) is 0 Å². The van der Waals surface area contributed by atoms with E-state index in [2.05, 4.69) is 19.2 Å². The molecule has 0 heterocycles. The Morgan fingerprint density at radius 3 is 2.65 bits per heavy atom. The Bertz CT molecular complexity index is 366. The van der Waals surface area contributed by atoms with E-state index in [4.69, 9.17) is 11.6 Å². The zero-order valence-electron chi connectivity index (χ0n) is 10.2. The molecule has 0 amide bonds. The normalized spacial score (nSPS) is 11.8. The topological polar surface area (TPSA) is 12.0 Å². The lowest BCUT2D eigenvalue weighted by atomic mass is 9.90. The molecule has 0 aliphatic heterocycles. The summed E-state index contributed by atoms with van der Waals surface area (Å²) in [6.07, 6.45) is 0.882. The fourth-order valence-corrected chi connectivity index (χ4v) is 2.07. The molecule has 1 rings (SSSR count). The lowest BCUT2D eigenvalue weighted by Gasteiger charge is -2.24. The summed E-state index contributed by atoms with van der Waals surface area (Å²) in [6, 6.07) is 3.49. The summed E-state index contributed by atoms with van der Waals surface area (Å²) in [4.78, 5) is 0. The van der Waals surface area contributed by atoms with Crippen LogP contribution in [-0.2, 0) is 6.54 Å². The maximum atomic E-state index is 13.3. The van der Waals surface area contributed by atoms with Crippen LogP contribution in [0.5, 0.6) is 0 Å². The van der Waals surface area contributed by atoms with Gasteiger partial charge < -0.3 is 5.32 Å². The van der Waals surface area contributed by atoms with Crippen molar-refractivity contribution >= 4 is 11.6 Å². The molecule has 0 aliphatic rings.